The van der Waals surface area contributed by atoms with E-state index in [0.717, 1.165) is 6.07 Å². The number of nitrogens with one attached hydrogen (secondary N) is 1. The van der Waals surface area contributed by atoms with E-state index < -0.39 is 11.8 Å². The topological polar surface area (TPSA) is 75.6 Å². The predicted molar refractivity (Wildman–Crippen MR) is 109 cm³/mol. The molecule has 8 heteroatoms. The first kappa shape index (κ1) is 20.6. The molecule has 0 saturated heterocycles. The Bertz CT molecular complexity index is 1070. The minimum atomic E-state index is -1.04. The molecule has 0 aliphatic rings. The number of carboxylic acid groups (broad SMARTS) is 1. The van der Waals surface area contributed by atoms with Gasteiger partial charge >= 0.3 is 5.97 Å². The summed E-state index contributed by atoms with van der Waals surface area (Å²) in [5.41, 5.74) is 1.19. The maximum Gasteiger partial charge on any atom is 0.307 e. The SMILES string of the molecule is O=C(O)Cc1ccc(Oc2ccc(NC(=O)c3ccc(Cl)c(Cl)c3)cc2)c(F)c1. The number of carbonyl (C=O) groups excluding carboxylic acids is 1. The van der Waals surface area contributed by atoms with Crippen LogP contribution in [0.4, 0.5) is 10.1 Å². The lowest BCUT2D eigenvalue weighted by Crippen LogP contribution is -2.11. The third kappa shape index (κ3) is 5.47. The number of hydrogen-bond donors (Lipinski definition) is 2. The van der Waals surface area contributed by atoms with E-state index in [4.69, 9.17) is 33.0 Å². The van der Waals surface area contributed by atoms with E-state index in [0.29, 0.717) is 27.6 Å². The third-order valence-electron chi connectivity index (χ3n) is 3.87. The minimum Gasteiger partial charge on any atom is -0.481 e. The van der Waals surface area contributed by atoms with E-state index in [9.17, 15) is 14.0 Å². The van der Waals surface area contributed by atoms with Crippen molar-refractivity contribution in [1.29, 1.82) is 0 Å². The molecule has 5 nitrogen and oxygen atoms in total. The van der Waals surface area contributed by atoms with Crippen molar-refractivity contribution in [3.63, 3.8) is 0 Å². The molecule has 0 saturated carbocycles. The van der Waals surface area contributed by atoms with Gasteiger partial charge in [0.15, 0.2) is 11.6 Å². The Balaban J connectivity index is 1.66. The number of carbonyl (C=O) groups is 2. The summed E-state index contributed by atoms with van der Waals surface area (Å²) in [5, 5.41) is 12.1. The summed E-state index contributed by atoms with van der Waals surface area (Å²) in [5.74, 6) is -1.76. The average Bonchev–Trinajstić information content (AvgIpc) is 2.67. The van der Waals surface area contributed by atoms with Gasteiger partial charge in [0.25, 0.3) is 5.91 Å². The maximum atomic E-state index is 14.1. The molecule has 3 aromatic rings. The van der Waals surface area contributed by atoms with E-state index in [1.807, 2.05) is 0 Å². The second-order valence-corrected chi connectivity index (χ2v) is 6.86. The highest BCUT2D eigenvalue weighted by Crippen LogP contribution is 2.27. The molecule has 3 rings (SSSR count). The standard InChI is InChI=1S/C21H14Cl2FNO4/c22-16-7-2-13(11-17(16)23)21(28)25-14-3-5-15(6-4-14)29-19-8-1-12(9-18(19)24)10-20(26)27/h1-9,11H,10H2,(H,25,28)(H,26,27). The normalized spacial score (nSPS) is 10.4. The Morgan fingerprint density at radius 1 is 0.966 bits per heavy atom. The van der Waals surface area contributed by atoms with E-state index in [1.165, 1.54) is 24.3 Å². The van der Waals surface area contributed by atoms with E-state index in [-0.39, 0.29) is 23.1 Å². The number of amides is 1. The molecule has 0 heterocycles. The Morgan fingerprint density at radius 3 is 2.31 bits per heavy atom. The lowest BCUT2D eigenvalue weighted by Gasteiger charge is -2.10. The van der Waals surface area contributed by atoms with Crippen molar-refractivity contribution in [3.05, 3.63) is 87.7 Å². The molecule has 0 atom stereocenters. The fourth-order valence-electron chi connectivity index (χ4n) is 2.49. The van der Waals surface area contributed by atoms with Gasteiger partial charge in [0.05, 0.1) is 16.5 Å². The van der Waals surface area contributed by atoms with Crippen molar-refractivity contribution in [2.24, 2.45) is 0 Å². The van der Waals surface area contributed by atoms with Crippen LogP contribution in [0.2, 0.25) is 10.0 Å². The quantitative estimate of drug-likeness (QED) is 0.514. The van der Waals surface area contributed by atoms with Gasteiger partial charge < -0.3 is 15.2 Å². The zero-order valence-corrected chi connectivity index (χ0v) is 16.3. The highest BCUT2D eigenvalue weighted by Gasteiger charge is 2.10. The van der Waals surface area contributed by atoms with Gasteiger partial charge in [-0.1, -0.05) is 29.3 Å². The number of ether oxygens (including phenoxy) is 1. The van der Waals surface area contributed by atoms with Crippen molar-refractivity contribution in [1.82, 2.24) is 0 Å². The summed E-state index contributed by atoms with van der Waals surface area (Å²) in [6, 6.07) is 14.9. The van der Waals surface area contributed by atoms with Crippen LogP contribution in [0.15, 0.2) is 60.7 Å². The van der Waals surface area contributed by atoms with Crippen LogP contribution in [0.3, 0.4) is 0 Å². The number of hydrogen-bond acceptors (Lipinski definition) is 3. The Morgan fingerprint density at radius 2 is 1.69 bits per heavy atom. The van der Waals surface area contributed by atoms with Gasteiger partial charge in [-0.15, -0.1) is 0 Å². The van der Waals surface area contributed by atoms with Crippen molar-refractivity contribution in [2.45, 2.75) is 6.42 Å². The fourth-order valence-corrected chi connectivity index (χ4v) is 2.78. The van der Waals surface area contributed by atoms with Crippen molar-refractivity contribution >= 4 is 40.8 Å². The third-order valence-corrected chi connectivity index (χ3v) is 4.61. The molecule has 0 fully saturated rings. The van der Waals surface area contributed by atoms with E-state index in [2.05, 4.69) is 5.32 Å². The maximum absolute atomic E-state index is 14.1. The van der Waals surface area contributed by atoms with Gasteiger partial charge in [0.2, 0.25) is 0 Å². The van der Waals surface area contributed by atoms with Crippen LogP contribution in [-0.4, -0.2) is 17.0 Å². The summed E-state index contributed by atoms with van der Waals surface area (Å²) in [6.07, 6.45) is -0.273. The fraction of sp³-hybridized carbons (Fsp3) is 0.0476. The molecule has 0 spiro atoms. The van der Waals surface area contributed by atoms with E-state index >= 15 is 0 Å². The van der Waals surface area contributed by atoms with E-state index in [1.54, 1.807) is 30.3 Å². The highest BCUT2D eigenvalue weighted by atomic mass is 35.5. The molecule has 0 bridgehead atoms. The Hall–Kier alpha value is -3.09. The van der Waals surface area contributed by atoms with Crippen molar-refractivity contribution < 1.29 is 23.8 Å². The second kappa shape index (κ2) is 8.94. The van der Waals surface area contributed by atoms with Gasteiger partial charge in [0, 0.05) is 11.3 Å². The Kier molecular flexibility index (Phi) is 6.36. The zero-order chi connectivity index (χ0) is 21.0. The summed E-state index contributed by atoms with van der Waals surface area (Å²) >= 11 is 11.8. The lowest BCUT2D eigenvalue weighted by molar-refractivity contribution is -0.136. The van der Waals surface area contributed by atoms with Gasteiger partial charge in [-0.3, -0.25) is 9.59 Å². The van der Waals surface area contributed by atoms with Crippen LogP contribution in [0.25, 0.3) is 0 Å². The average molecular weight is 434 g/mol. The largest absolute Gasteiger partial charge is 0.481 e. The molecule has 0 aromatic heterocycles. The molecule has 0 aliphatic heterocycles. The van der Waals surface area contributed by atoms with Crippen molar-refractivity contribution in [2.75, 3.05) is 5.32 Å². The molecule has 29 heavy (non-hydrogen) atoms. The van der Waals surface area contributed by atoms with Gasteiger partial charge in [-0.2, -0.15) is 0 Å². The molecular weight excluding hydrogens is 420 g/mol. The van der Waals surface area contributed by atoms with Gasteiger partial charge in [0.1, 0.15) is 5.75 Å². The van der Waals surface area contributed by atoms with Crippen LogP contribution >= 0.6 is 23.2 Å². The van der Waals surface area contributed by atoms with Crippen LogP contribution in [-0.2, 0) is 11.2 Å². The van der Waals surface area contributed by atoms with Crippen LogP contribution in [0, 0.1) is 5.82 Å². The molecule has 0 radical (unpaired) electrons. The number of anilines is 1. The first-order valence-corrected chi connectivity index (χ1v) is 9.12. The summed E-state index contributed by atoms with van der Waals surface area (Å²) in [4.78, 5) is 23.0. The molecule has 148 valence electrons. The zero-order valence-electron chi connectivity index (χ0n) is 14.8. The molecule has 0 unspecified atom stereocenters. The smallest absolute Gasteiger partial charge is 0.307 e. The number of aliphatic carboxylic acids is 1. The first-order chi connectivity index (χ1) is 13.8. The lowest BCUT2D eigenvalue weighted by atomic mass is 10.1. The van der Waals surface area contributed by atoms with Crippen LogP contribution in [0.1, 0.15) is 15.9 Å². The van der Waals surface area contributed by atoms with Crippen molar-refractivity contribution in [3.8, 4) is 11.5 Å². The number of carboxylic acids is 1. The molecular formula is C21H14Cl2FNO4. The summed E-state index contributed by atoms with van der Waals surface area (Å²) < 4.78 is 19.6. The molecule has 0 aliphatic carbocycles. The van der Waals surface area contributed by atoms with Crippen LogP contribution in [0.5, 0.6) is 11.5 Å². The van der Waals surface area contributed by atoms with Crippen LogP contribution < -0.4 is 10.1 Å². The molecule has 1 amide bonds. The first-order valence-electron chi connectivity index (χ1n) is 8.36. The predicted octanol–water partition coefficient (Wildman–Crippen LogP) is 5.80. The Labute approximate surface area is 175 Å². The van der Waals surface area contributed by atoms with Gasteiger partial charge in [-0.05, 0) is 60.2 Å². The second-order valence-electron chi connectivity index (χ2n) is 6.04. The van der Waals surface area contributed by atoms with Gasteiger partial charge in [-0.25, -0.2) is 4.39 Å². The highest BCUT2D eigenvalue weighted by molar-refractivity contribution is 6.42. The molecule has 3 aromatic carbocycles. The monoisotopic (exact) mass is 433 g/mol. The minimum absolute atomic E-state index is 0.0354. The number of benzene rings is 3. The summed E-state index contributed by atoms with van der Waals surface area (Å²) in [7, 11) is 0. The number of rotatable bonds is 6. The molecule has 2 N–H and O–H groups in total. The number of halogens is 3. The summed E-state index contributed by atoms with van der Waals surface area (Å²) in [6.45, 7) is 0.